The van der Waals surface area contributed by atoms with Crippen molar-refractivity contribution in [3.63, 3.8) is 0 Å². The van der Waals surface area contributed by atoms with Crippen molar-refractivity contribution in [1.29, 1.82) is 0 Å². The molecule has 27 heavy (non-hydrogen) atoms. The maximum absolute atomic E-state index is 12.9. The SMILES string of the molecule is Cc1ccc(S(=O)(=O)N[C@@H]2CN([C@@H](C)c3ccccc3)[C@H]3CC[C@@H]2C3)cc1. The van der Waals surface area contributed by atoms with E-state index >= 15 is 0 Å². The first kappa shape index (κ1) is 18.7. The molecule has 2 aromatic rings. The first-order valence-corrected chi connectivity index (χ1v) is 11.3. The quantitative estimate of drug-likeness (QED) is 0.851. The number of likely N-dealkylation sites (tertiary alicyclic amines) is 1. The fourth-order valence-corrected chi connectivity index (χ4v) is 6.00. The first-order chi connectivity index (χ1) is 12.9. The predicted molar refractivity (Wildman–Crippen MR) is 108 cm³/mol. The molecule has 1 saturated heterocycles. The highest BCUT2D eigenvalue weighted by Gasteiger charge is 2.43. The van der Waals surface area contributed by atoms with E-state index < -0.39 is 10.0 Å². The minimum atomic E-state index is -3.49. The van der Waals surface area contributed by atoms with Gasteiger partial charge in [0.1, 0.15) is 0 Å². The van der Waals surface area contributed by atoms with E-state index in [-0.39, 0.29) is 6.04 Å². The van der Waals surface area contributed by atoms with Crippen molar-refractivity contribution in [2.24, 2.45) is 5.92 Å². The van der Waals surface area contributed by atoms with Gasteiger partial charge in [-0.3, -0.25) is 4.90 Å². The molecule has 0 amide bonds. The molecular weight excluding hydrogens is 356 g/mol. The summed E-state index contributed by atoms with van der Waals surface area (Å²) in [5.74, 6) is 0.439. The summed E-state index contributed by atoms with van der Waals surface area (Å²) in [6, 6.07) is 18.4. The van der Waals surface area contributed by atoms with Crippen LogP contribution in [0.1, 0.15) is 43.4 Å². The van der Waals surface area contributed by atoms with Gasteiger partial charge in [-0.25, -0.2) is 13.1 Å². The monoisotopic (exact) mass is 384 g/mol. The van der Waals surface area contributed by atoms with Crippen LogP contribution in [0.5, 0.6) is 0 Å². The van der Waals surface area contributed by atoms with Crippen molar-refractivity contribution in [2.45, 2.75) is 56.1 Å². The Morgan fingerprint density at radius 1 is 1.04 bits per heavy atom. The molecular formula is C22H28N2O2S. The van der Waals surface area contributed by atoms with Crippen LogP contribution in [0.25, 0.3) is 0 Å². The van der Waals surface area contributed by atoms with Crippen LogP contribution in [-0.4, -0.2) is 31.9 Å². The molecule has 1 saturated carbocycles. The van der Waals surface area contributed by atoms with E-state index in [0.29, 0.717) is 22.9 Å². The third kappa shape index (κ3) is 3.82. The summed E-state index contributed by atoms with van der Waals surface area (Å²) in [7, 11) is -3.49. The summed E-state index contributed by atoms with van der Waals surface area (Å²) in [6.07, 6.45) is 3.34. The van der Waals surface area contributed by atoms with E-state index in [2.05, 4.69) is 40.8 Å². The molecule has 1 heterocycles. The molecule has 5 heteroatoms. The summed E-state index contributed by atoms with van der Waals surface area (Å²) < 4.78 is 28.8. The molecule has 4 rings (SSSR count). The minimum Gasteiger partial charge on any atom is -0.292 e. The van der Waals surface area contributed by atoms with Crippen LogP contribution >= 0.6 is 0 Å². The van der Waals surface area contributed by atoms with Crippen LogP contribution in [0.4, 0.5) is 0 Å². The standard InChI is InChI=1S/C22H28N2O2S/c1-16-8-12-21(13-9-16)27(25,26)23-22-15-24(20-11-10-19(22)14-20)17(2)18-6-4-3-5-7-18/h3-9,12-13,17,19-20,22-23H,10-11,14-15H2,1-2H3/t17-,19+,20-,22+/m0/s1. The van der Waals surface area contributed by atoms with Crippen molar-refractivity contribution in [3.05, 3.63) is 65.7 Å². The highest BCUT2D eigenvalue weighted by molar-refractivity contribution is 7.89. The molecule has 1 aliphatic carbocycles. The number of benzene rings is 2. The molecule has 2 bridgehead atoms. The number of hydrogen-bond donors (Lipinski definition) is 1. The van der Waals surface area contributed by atoms with Gasteiger partial charge in [-0.1, -0.05) is 48.0 Å². The third-order valence-electron chi connectivity index (χ3n) is 6.31. The fourth-order valence-electron chi connectivity index (χ4n) is 4.70. The van der Waals surface area contributed by atoms with Crippen LogP contribution in [-0.2, 0) is 10.0 Å². The van der Waals surface area contributed by atoms with Crippen LogP contribution in [0.15, 0.2) is 59.5 Å². The molecule has 0 radical (unpaired) electrons. The normalized spacial score (nSPS) is 26.8. The number of fused-ring (bicyclic) bond motifs is 2. The van der Waals surface area contributed by atoms with Crippen LogP contribution in [0, 0.1) is 12.8 Å². The van der Waals surface area contributed by atoms with Gasteiger partial charge in [0.15, 0.2) is 0 Å². The molecule has 0 spiro atoms. The maximum atomic E-state index is 12.9. The summed E-state index contributed by atoms with van der Waals surface area (Å²) in [4.78, 5) is 2.86. The van der Waals surface area contributed by atoms with Gasteiger partial charge < -0.3 is 0 Å². The Hall–Kier alpha value is -1.69. The lowest BCUT2D eigenvalue weighted by atomic mass is 9.92. The second kappa shape index (κ2) is 7.38. The highest BCUT2D eigenvalue weighted by Crippen LogP contribution is 2.41. The second-order valence-electron chi connectivity index (χ2n) is 8.05. The number of rotatable bonds is 5. The Labute approximate surface area is 162 Å². The molecule has 0 unspecified atom stereocenters. The zero-order chi connectivity index (χ0) is 19.0. The predicted octanol–water partition coefficient (Wildman–Crippen LogP) is 3.89. The molecule has 1 aliphatic heterocycles. The van der Waals surface area contributed by atoms with E-state index in [1.54, 1.807) is 12.1 Å². The van der Waals surface area contributed by atoms with Crippen molar-refractivity contribution in [1.82, 2.24) is 9.62 Å². The lowest BCUT2D eigenvalue weighted by Crippen LogP contribution is -2.53. The molecule has 4 atom stereocenters. The topological polar surface area (TPSA) is 49.4 Å². The Bertz CT molecular complexity index is 880. The van der Waals surface area contributed by atoms with Gasteiger partial charge in [0.05, 0.1) is 4.90 Å². The number of aryl methyl sites for hydroxylation is 1. The minimum absolute atomic E-state index is 0.0267. The highest BCUT2D eigenvalue weighted by atomic mass is 32.2. The average Bonchev–Trinajstić information content (AvgIpc) is 3.09. The lowest BCUT2D eigenvalue weighted by molar-refractivity contribution is 0.0922. The van der Waals surface area contributed by atoms with E-state index in [4.69, 9.17) is 0 Å². The van der Waals surface area contributed by atoms with Crippen LogP contribution in [0.3, 0.4) is 0 Å². The van der Waals surface area contributed by atoms with Gasteiger partial charge in [-0.15, -0.1) is 0 Å². The molecule has 2 aromatic carbocycles. The third-order valence-corrected chi connectivity index (χ3v) is 7.81. The molecule has 2 aliphatic rings. The van der Waals surface area contributed by atoms with Crippen LogP contribution < -0.4 is 4.72 Å². The first-order valence-electron chi connectivity index (χ1n) is 9.84. The van der Waals surface area contributed by atoms with Gasteiger partial charge in [0.25, 0.3) is 0 Å². The molecule has 4 nitrogen and oxygen atoms in total. The fraction of sp³-hybridized carbons (Fsp3) is 0.455. The summed E-state index contributed by atoms with van der Waals surface area (Å²) in [6.45, 7) is 4.97. The number of hydrogen-bond acceptors (Lipinski definition) is 3. The molecule has 0 aromatic heterocycles. The maximum Gasteiger partial charge on any atom is 0.240 e. The smallest absolute Gasteiger partial charge is 0.240 e. The van der Waals surface area contributed by atoms with Gasteiger partial charge in [0.2, 0.25) is 10.0 Å². The summed E-state index contributed by atoms with van der Waals surface area (Å²) in [5.41, 5.74) is 2.36. The van der Waals surface area contributed by atoms with E-state index in [1.165, 1.54) is 5.56 Å². The summed E-state index contributed by atoms with van der Waals surface area (Å²) >= 11 is 0. The molecule has 2 fully saturated rings. The zero-order valence-corrected chi connectivity index (χ0v) is 16.8. The second-order valence-corrected chi connectivity index (χ2v) is 9.77. The number of nitrogens with zero attached hydrogens (tertiary/aromatic N) is 1. The van der Waals surface area contributed by atoms with Crippen molar-refractivity contribution in [2.75, 3.05) is 6.54 Å². The number of nitrogens with one attached hydrogen (secondary N) is 1. The Kier molecular flexibility index (Phi) is 5.10. The van der Waals surface area contributed by atoms with Crippen molar-refractivity contribution >= 4 is 10.0 Å². The van der Waals surface area contributed by atoms with E-state index in [0.717, 1.165) is 31.4 Å². The van der Waals surface area contributed by atoms with Crippen LogP contribution in [0.2, 0.25) is 0 Å². The Morgan fingerprint density at radius 2 is 1.74 bits per heavy atom. The molecule has 1 N–H and O–H groups in total. The molecule has 144 valence electrons. The van der Waals surface area contributed by atoms with Gasteiger partial charge in [0, 0.05) is 24.7 Å². The number of sulfonamides is 1. The summed E-state index contributed by atoms with van der Waals surface area (Å²) in [5, 5.41) is 0. The van der Waals surface area contributed by atoms with Gasteiger partial charge >= 0.3 is 0 Å². The van der Waals surface area contributed by atoms with Crippen molar-refractivity contribution < 1.29 is 8.42 Å². The van der Waals surface area contributed by atoms with Gasteiger partial charge in [-0.05, 0) is 56.7 Å². The lowest BCUT2D eigenvalue weighted by Gasteiger charge is -2.42. The largest absolute Gasteiger partial charge is 0.292 e. The zero-order valence-electron chi connectivity index (χ0n) is 16.0. The average molecular weight is 385 g/mol. The number of piperidine rings is 1. The van der Waals surface area contributed by atoms with Gasteiger partial charge in [-0.2, -0.15) is 0 Å². The van der Waals surface area contributed by atoms with Crippen molar-refractivity contribution in [3.8, 4) is 0 Å². The van der Waals surface area contributed by atoms with E-state index in [1.807, 2.05) is 25.1 Å². The Balaban J connectivity index is 1.54. The van der Waals surface area contributed by atoms with E-state index in [9.17, 15) is 8.42 Å². The Morgan fingerprint density at radius 3 is 2.44 bits per heavy atom.